The van der Waals surface area contributed by atoms with Crippen LogP contribution >= 0.6 is 0 Å². The predicted octanol–water partition coefficient (Wildman–Crippen LogP) is 2.12. The zero-order valence-corrected chi connectivity index (χ0v) is 9.98. The Hall–Kier alpha value is -2.02. The van der Waals surface area contributed by atoms with Crippen molar-refractivity contribution in [3.63, 3.8) is 0 Å². The zero-order valence-electron chi connectivity index (χ0n) is 9.98. The average Bonchev–Trinajstić information content (AvgIpc) is 2.50. The van der Waals surface area contributed by atoms with E-state index < -0.39 is 11.7 Å². The van der Waals surface area contributed by atoms with Crippen LogP contribution < -0.4 is 4.74 Å². The van der Waals surface area contributed by atoms with E-state index in [-0.39, 0.29) is 5.97 Å². The van der Waals surface area contributed by atoms with Gasteiger partial charge in [0.2, 0.25) is 0 Å². The van der Waals surface area contributed by atoms with Crippen molar-refractivity contribution in [3.05, 3.63) is 29.3 Å². The molecule has 0 bridgehead atoms. The van der Waals surface area contributed by atoms with Gasteiger partial charge in [0.15, 0.2) is 0 Å². The summed E-state index contributed by atoms with van der Waals surface area (Å²) in [6.45, 7) is 5.20. The summed E-state index contributed by atoms with van der Waals surface area (Å²) < 4.78 is 10.7. The third-order valence-electron chi connectivity index (χ3n) is 2.90. The summed E-state index contributed by atoms with van der Waals surface area (Å²) in [6, 6.07) is 7.28. The van der Waals surface area contributed by atoms with Gasteiger partial charge in [0.25, 0.3) is 6.29 Å². The number of esters is 1. The summed E-state index contributed by atoms with van der Waals surface area (Å²) in [5, 5.41) is 8.87. The Morgan fingerprint density at radius 1 is 1.53 bits per heavy atom. The summed E-state index contributed by atoms with van der Waals surface area (Å²) in [6.07, 6.45) is -0.635. The van der Waals surface area contributed by atoms with Crippen molar-refractivity contribution in [1.82, 2.24) is 0 Å². The van der Waals surface area contributed by atoms with Crippen molar-refractivity contribution in [2.45, 2.75) is 32.5 Å². The smallest absolute Gasteiger partial charge is 0.305 e. The number of carbonyl (C=O) groups excluding carboxylic acids is 1. The maximum atomic E-state index is 11.0. The molecular formula is C13H13NO3. The molecule has 1 aliphatic rings. The van der Waals surface area contributed by atoms with Crippen LogP contribution in [0.3, 0.4) is 0 Å². The molecule has 88 valence electrons. The van der Waals surface area contributed by atoms with E-state index in [9.17, 15) is 4.79 Å². The first kappa shape index (κ1) is 11.5. The normalized spacial score (nSPS) is 20.0. The zero-order chi connectivity index (χ0) is 12.6. The third-order valence-corrected chi connectivity index (χ3v) is 2.90. The summed E-state index contributed by atoms with van der Waals surface area (Å²) in [7, 11) is 0. The summed E-state index contributed by atoms with van der Waals surface area (Å²) in [4.78, 5) is 11.0. The number of hydrogen-bond donors (Lipinski definition) is 0. The Morgan fingerprint density at radius 2 is 2.24 bits per heavy atom. The average molecular weight is 231 g/mol. The Bertz CT molecular complexity index is 514. The van der Waals surface area contributed by atoms with E-state index in [0.29, 0.717) is 11.3 Å². The molecule has 0 saturated carbocycles. The molecule has 1 atom stereocenters. The largest absolute Gasteiger partial charge is 0.454 e. The van der Waals surface area contributed by atoms with E-state index in [1.54, 1.807) is 18.2 Å². The van der Waals surface area contributed by atoms with Gasteiger partial charge in [-0.3, -0.25) is 4.79 Å². The Morgan fingerprint density at radius 3 is 2.82 bits per heavy atom. The molecule has 0 spiro atoms. The van der Waals surface area contributed by atoms with E-state index in [0.717, 1.165) is 5.56 Å². The lowest BCUT2D eigenvalue weighted by Gasteiger charge is -2.24. The molecule has 1 aromatic carbocycles. The molecule has 2 rings (SSSR count). The van der Waals surface area contributed by atoms with Crippen LogP contribution in [-0.2, 0) is 14.9 Å². The second-order valence-electron chi connectivity index (χ2n) is 4.60. The summed E-state index contributed by atoms with van der Waals surface area (Å²) >= 11 is 0. The molecule has 4 nitrogen and oxygen atoms in total. The minimum Gasteiger partial charge on any atom is -0.454 e. The molecule has 0 radical (unpaired) electrons. The number of hydrogen-bond acceptors (Lipinski definition) is 4. The van der Waals surface area contributed by atoms with E-state index in [4.69, 9.17) is 14.7 Å². The van der Waals surface area contributed by atoms with Crippen LogP contribution in [0.15, 0.2) is 18.2 Å². The maximum absolute atomic E-state index is 11.0. The lowest BCUT2D eigenvalue weighted by Crippen LogP contribution is -2.36. The standard InChI is InChI=1S/C13H13NO3/c1-8(15)16-12-13(2,3)10-6-9(7-14)4-5-11(10)17-12/h4-6,12H,1-3H3. The quantitative estimate of drug-likeness (QED) is 0.694. The predicted molar refractivity (Wildman–Crippen MR) is 60.4 cm³/mol. The molecule has 1 unspecified atom stereocenters. The number of benzene rings is 1. The van der Waals surface area contributed by atoms with Gasteiger partial charge in [-0.25, -0.2) is 0 Å². The minimum absolute atomic E-state index is 0.378. The molecule has 0 amide bonds. The lowest BCUT2D eigenvalue weighted by molar-refractivity contribution is -0.165. The van der Waals surface area contributed by atoms with E-state index in [1.807, 2.05) is 13.8 Å². The number of ether oxygens (including phenoxy) is 2. The molecular weight excluding hydrogens is 218 g/mol. The number of nitriles is 1. The van der Waals surface area contributed by atoms with Crippen LogP contribution in [0.2, 0.25) is 0 Å². The maximum Gasteiger partial charge on any atom is 0.305 e. The first-order valence-electron chi connectivity index (χ1n) is 5.33. The summed E-state index contributed by atoms with van der Waals surface area (Å²) in [5.74, 6) is 0.289. The van der Waals surface area contributed by atoms with Gasteiger partial charge in [-0.05, 0) is 32.0 Å². The van der Waals surface area contributed by atoms with E-state index >= 15 is 0 Å². The first-order chi connectivity index (χ1) is 7.95. The Labute approximate surface area is 99.8 Å². The second kappa shape index (κ2) is 3.77. The van der Waals surface area contributed by atoms with Crippen molar-refractivity contribution in [1.29, 1.82) is 5.26 Å². The topological polar surface area (TPSA) is 59.3 Å². The minimum atomic E-state index is -0.635. The van der Waals surface area contributed by atoms with Crippen LogP contribution in [0.25, 0.3) is 0 Å². The molecule has 1 aliphatic heterocycles. The lowest BCUT2D eigenvalue weighted by atomic mass is 9.84. The van der Waals surface area contributed by atoms with Crippen molar-refractivity contribution >= 4 is 5.97 Å². The highest BCUT2D eigenvalue weighted by Gasteiger charge is 2.44. The Balaban J connectivity index is 2.41. The molecule has 1 heterocycles. The van der Waals surface area contributed by atoms with Crippen molar-refractivity contribution < 1.29 is 14.3 Å². The van der Waals surface area contributed by atoms with Crippen molar-refractivity contribution in [2.24, 2.45) is 0 Å². The highest BCUT2D eigenvalue weighted by atomic mass is 16.7. The highest BCUT2D eigenvalue weighted by Crippen LogP contribution is 2.43. The van der Waals surface area contributed by atoms with Crippen molar-refractivity contribution in [2.75, 3.05) is 0 Å². The SMILES string of the molecule is CC(=O)OC1Oc2ccc(C#N)cc2C1(C)C. The van der Waals surface area contributed by atoms with Gasteiger partial charge in [0.05, 0.1) is 17.0 Å². The van der Waals surface area contributed by atoms with Crippen molar-refractivity contribution in [3.8, 4) is 11.8 Å². The fourth-order valence-electron chi connectivity index (χ4n) is 1.92. The van der Waals surface area contributed by atoms with Gasteiger partial charge in [-0.2, -0.15) is 5.26 Å². The van der Waals surface area contributed by atoms with Gasteiger partial charge < -0.3 is 9.47 Å². The van der Waals surface area contributed by atoms with Crippen LogP contribution in [0.4, 0.5) is 0 Å². The van der Waals surface area contributed by atoms with Gasteiger partial charge in [0, 0.05) is 12.5 Å². The van der Waals surface area contributed by atoms with Gasteiger partial charge in [0.1, 0.15) is 5.75 Å². The van der Waals surface area contributed by atoms with Gasteiger partial charge >= 0.3 is 5.97 Å². The molecule has 1 aromatic rings. The molecule has 4 heteroatoms. The first-order valence-corrected chi connectivity index (χ1v) is 5.33. The monoisotopic (exact) mass is 231 g/mol. The number of nitrogens with zero attached hydrogens (tertiary/aromatic N) is 1. The molecule has 0 N–H and O–H groups in total. The van der Waals surface area contributed by atoms with E-state index in [2.05, 4.69) is 6.07 Å². The number of rotatable bonds is 1. The molecule has 17 heavy (non-hydrogen) atoms. The molecule has 0 saturated heterocycles. The second-order valence-corrected chi connectivity index (χ2v) is 4.60. The van der Waals surface area contributed by atoms with Crippen LogP contribution in [-0.4, -0.2) is 12.3 Å². The fraction of sp³-hybridized carbons (Fsp3) is 0.385. The molecule has 0 aromatic heterocycles. The number of carbonyl (C=O) groups is 1. The van der Waals surface area contributed by atoms with Crippen LogP contribution in [0.1, 0.15) is 31.9 Å². The number of fused-ring (bicyclic) bond motifs is 1. The van der Waals surface area contributed by atoms with Gasteiger partial charge in [-0.15, -0.1) is 0 Å². The van der Waals surface area contributed by atoms with Gasteiger partial charge in [-0.1, -0.05) is 0 Å². The summed E-state index contributed by atoms with van der Waals surface area (Å²) in [5.41, 5.74) is 1.01. The van der Waals surface area contributed by atoms with Crippen LogP contribution in [0, 0.1) is 11.3 Å². The van der Waals surface area contributed by atoms with E-state index in [1.165, 1.54) is 6.92 Å². The van der Waals surface area contributed by atoms with Crippen LogP contribution in [0.5, 0.6) is 5.75 Å². The molecule has 0 aliphatic carbocycles. The molecule has 0 fully saturated rings. The Kier molecular flexibility index (Phi) is 2.55. The highest BCUT2D eigenvalue weighted by molar-refractivity contribution is 5.66. The third kappa shape index (κ3) is 1.84. The fourth-order valence-corrected chi connectivity index (χ4v) is 1.92.